The number of nitrogens with zero attached hydrogens (tertiary/aromatic N) is 3. The van der Waals surface area contributed by atoms with E-state index in [-0.39, 0.29) is 18.8 Å². The van der Waals surface area contributed by atoms with Crippen molar-refractivity contribution in [3.05, 3.63) is 89.2 Å². The molecular formula is C30H30F4N4O5. The highest BCUT2D eigenvalue weighted by Crippen LogP contribution is 2.37. The van der Waals surface area contributed by atoms with Crippen LogP contribution < -0.4 is 14.8 Å². The third-order valence-electron chi connectivity index (χ3n) is 6.78. The first-order valence-electron chi connectivity index (χ1n) is 13.1. The molecule has 3 aromatic carbocycles. The summed E-state index contributed by atoms with van der Waals surface area (Å²) in [4.78, 5) is 28.1. The molecule has 0 saturated carbocycles. The quantitative estimate of drug-likeness (QED) is 0.300. The first kappa shape index (κ1) is 31.3. The summed E-state index contributed by atoms with van der Waals surface area (Å²) in [6.07, 6.45) is -4.23. The molecule has 0 unspecified atom stereocenters. The lowest BCUT2D eigenvalue weighted by molar-refractivity contribution is -0.137. The second-order valence-electron chi connectivity index (χ2n) is 9.55. The fourth-order valence-corrected chi connectivity index (χ4v) is 4.51. The van der Waals surface area contributed by atoms with Crippen LogP contribution in [-0.4, -0.2) is 68.6 Å². The van der Waals surface area contributed by atoms with Gasteiger partial charge in [-0.1, -0.05) is 18.2 Å². The summed E-state index contributed by atoms with van der Waals surface area (Å²) in [5.74, 6) is -0.0112. The van der Waals surface area contributed by atoms with Gasteiger partial charge in [0.2, 0.25) is 0 Å². The van der Waals surface area contributed by atoms with Gasteiger partial charge in [0, 0.05) is 25.8 Å². The number of methoxy groups -OCH3 is 3. The Morgan fingerprint density at radius 3 is 2.26 bits per heavy atom. The second-order valence-corrected chi connectivity index (χ2v) is 9.55. The number of rotatable bonds is 10. The number of ether oxygens (including phenoxy) is 3. The standard InChI is InChI=1S/C30H30F4N4O5/c1-41-15-14-37(29(40)35-23-11-7-21(8-12-23)30(32,33)34)18-28(39)38-25(20-6-13-26(42-2)27(16-20)43-3)17-24(36-38)19-4-9-22(31)10-5-19/h4-13,16,25H,14-15,17-18H2,1-3H3,(H,35,40)/t25-/m0/s1. The molecule has 0 spiro atoms. The number of urea groups is 1. The molecule has 1 heterocycles. The minimum absolute atomic E-state index is 0.0120. The molecule has 1 atom stereocenters. The first-order chi connectivity index (χ1) is 20.5. The number of nitrogens with one attached hydrogen (secondary N) is 1. The first-order valence-corrected chi connectivity index (χ1v) is 13.1. The van der Waals surface area contributed by atoms with Gasteiger partial charge < -0.3 is 24.4 Å². The lowest BCUT2D eigenvalue weighted by atomic mass is 9.98. The number of anilines is 1. The van der Waals surface area contributed by atoms with Crippen molar-refractivity contribution in [3.63, 3.8) is 0 Å². The number of hydrogen-bond acceptors (Lipinski definition) is 6. The number of halogens is 4. The van der Waals surface area contributed by atoms with E-state index in [1.807, 2.05) is 0 Å². The number of alkyl halides is 3. The van der Waals surface area contributed by atoms with Crippen LogP contribution in [0.3, 0.4) is 0 Å². The summed E-state index contributed by atoms with van der Waals surface area (Å²) < 4.78 is 68.3. The Kier molecular flexibility index (Phi) is 9.86. The van der Waals surface area contributed by atoms with Crippen LogP contribution in [0.15, 0.2) is 71.8 Å². The van der Waals surface area contributed by atoms with Crippen molar-refractivity contribution >= 4 is 23.3 Å². The van der Waals surface area contributed by atoms with Gasteiger partial charge >= 0.3 is 12.2 Å². The lowest BCUT2D eigenvalue weighted by Crippen LogP contribution is -2.44. The highest BCUT2D eigenvalue weighted by molar-refractivity contribution is 6.03. The summed E-state index contributed by atoms with van der Waals surface area (Å²) in [6.45, 7) is -0.311. The molecule has 0 bridgehead atoms. The van der Waals surface area contributed by atoms with Gasteiger partial charge in [0.15, 0.2) is 11.5 Å². The van der Waals surface area contributed by atoms with Gasteiger partial charge in [-0.15, -0.1) is 0 Å². The molecule has 9 nitrogen and oxygen atoms in total. The van der Waals surface area contributed by atoms with Gasteiger partial charge in [-0.05, 0) is 59.7 Å². The molecule has 0 radical (unpaired) electrons. The number of benzene rings is 3. The molecular weight excluding hydrogens is 572 g/mol. The molecule has 0 aromatic heterocycles. The van der Waals surface area contributed by atoms with Crippen LogP contribution in [0.2, 0.25) is 0 Å². The smallest absolute Gasteiger partial charge is 0.416 e. The molecule has 0 aliphatic carbocycles. The summed E-state index contributed by atoms with van der Waals surface area (Å²) in [6, 6.07) is 13.6. The van der Waals surface area contributed by atoms with E-state index in [4.69, 9.17) is 14.2 Å². The van der Waals surface area contributed by atoms with Crippen molar-refractivity contribution in [1.29, 1.82) is 0 Å². The van der Waals surface area contributed by atoms with Crippen molar-refractivity contribution in [2.45, 2.75) is 18.6 Å². The zero-order chi connectivity index (χ0) is 31.1. The van der Waals surface area contributed by atoms with E-state index in [1.165, 1.54) is 43.4 Å². The zero-order valence-electron chi connectivity index (χ0n) is 23.7. The lowest BCUT2D eigenvalue weighted by Gasteiger charge is -2.27. The minimum Gasteiger partial charge on any atom is -0.493 e. The summed E-state index contributed by atoms with van der Waals surface area (Å²) in [5.41, 5.74) is 1.10. The van der Waals surface area contributed by atoms with E-state index < -0.39 is 42.1 Å². The maximum atomic E-state index is 13.7. The largest absolute Gasteiger partial charge is 0.493 e. The van der Waals surface area contributed by atoms with Crippen LogP contribution >= 0.6 is 0 Å². The van der Waals surface area contributed by atoms with Crippen molar-refractivity contribution in [2.24, 2.45) is 5.10 Å². The predicted molar refractivity (Wildman–Crippen MR) is 151 cm³/mol. The molecule has 3 aromatic rings. The molecule has 3 amide bonds. The fourth-order valence-electron chi connectivity index (χ4n) is 4.51. The molecule has 228 valence electrons. The van der Waals surface area contributed by atoms with Crippen LogP contribution in [0.5, 0.6) is 11.5 Å². The summed E-state index contributed by atoms with van der Waals surface area (Å²) >= 11 is 0. The number of amides is 3. The van der Waals surface area contributed by atoms with Gasteiger partial charge in [-0.25, -0.2) is 14.2 Å². The molecule has 4 rings (SSSR count). The van der Waals surface area contributed by atoms with E-state index in [0.717, 1.165) is 24.3 Å². The van der Waals surface area contributed by atoms with Crippen LogP contribution in [0.4, 0.5) is 28.0 Å². The molecule has 43 heavy (non-hydrogen) atoms. The van der Waals surface area contributed by atoms with E-state index in [2.05, 4.69) is 10.4 Å². The Labute approximate surface area is 245 Å². The van der Waals surface area contributed by atoms with Crippen molar-refractivity contribution in [2.75, 3.05) is 46.3 Å². The van der Waals surface area contributed by atoms with E-state index in [9.17, 15) is 27.2 Å². The van der Waals surface area contributed by atoms with Gasteiger partial charge in [0.05, 0.1) is 38.1 Å². The molecule has 0 saturated heterocycles. The Bertz CT molecular complexity index is 1460. The van der Waals surface area contributed by atoms with Gasteiger partial charge in [-0.2, -0.15) is 18.3 Å². The molecule has 1 N–H and O–H groups in total. The number of hydrazone groups is 1. The fraction of sp³-hybridized carbons (Fsp3) is 0.300. The van der Waals surface area contributed by atoms with Crippen molar-refractivity contribution < 1.29 is 41.4 Å². The highest BCUT2D eigenvalue weighted by atomic mass is 19.4. The van der Waals surface area contributed by atoms with E-state index in [1.54, 1.807) is 30.3 Å². The van der Waals surface area contributed by atoms with Crippen LogP contribution in [0, 0.1) is 5.82 Å². The molecule has 0 fully saturated rings. The number of carbonyl (C=O) groups excluding carboxylic acids is 2. The van der Waals surface area contributed by atoms with Crippen LogP contribution in [0.25, 0.3) is 0 Å². The maximum absolute atomic E-state index is 13.7. The van der Waals surface area contributed by atoms with Gasteiger partial charge in [-0.3, -0.25) is 4.79 Å². The van der Waals surface area contributed by atoms with Crippen molar-refractivity contribution in [3.8, 4) is 11.5 Å². The normalized spacial score (nSPS) is 14.7. The average molecular weight is 603 g/mol. The van der Waals surface area contributed by atoms with Gasteiger partial charge in [0.25, 0.3) is 5.91 Å². The van der Waals surface area contributed by atoms with E-state index >= 15 is 0 Å². The molecule has 1 aliphatic heterocycles. The number of hydrogen-bond donors (Lipinski definition) is 1. The Morgan fingerprint density at radius 2 is 1.65 bits per heavy atom. The number of carbonyl (C=O) groups is 2. The zero-order valence-corrected chi connectivity index (χ0v) is 23.7. The SMILES string of the molecule is COCCN(CC(=O)N1N=C(c2ccc(F)cc2)C[C@H]1c1ccc(OC)c(OC)c1)C(=O)Nc1ccc(C(F)(F)F)cc1. The second kappa shape index (κ2) is 13.6. The monoisotopic (exact) mass is 602 g/mol. The third kappa shape index (κ3) is 7.60. The van der Waals surface area contributed by atoms with Crippen molar-refractivity contribution in [1.82, 2.24) is 9.91 Å². The van der Waals surface area contributed by atoms with Gasteiger partial charge in [0.1, 0.15) is 12.4 Å². The third-order valence-corrected chi connectivity index (χ3v) is 6.78. The topological polar surface area (TPSA) is 92.7 Å². The summed E-state index contributed by atoms with van der Waals surface area (Å²) in [7, 11) is 4.42. The minimum atomic E-state index is -4.52. The van der Waals surface area contributed by atoms with Crippen LogP contribution in [0.1, 0.15) is 29.2 Å². The highest BCUT2D eigenvalue weighted by Gasteiger charge is 2.35. The van der Waals surface area contributed by atoms with E-state index in [0.29, 0.717) is 34.8 Å². The summed E-state index contributed by atoms with van der Waals surface area (Å²) in [5, 5.41) is 8.36. The maximum Gasteiger partial charge on any atom is 0.416 e. The average Bonchev–Trinajstić information content (AvgIpc) is 3.44. The Hall–Kier alpha value is -4.65. The molecule has 13 heteroatoms. The molecule has 1 aliphatic rings. The predicted octanol–water partition coefficient (Wildman–Crippen LogP) is 5.72. The Balaban J connectivity index is 1.60. The van der Waals surface area contributed by atoms with Crippen LogP contribution in [-0.2, 0) is 15.7 Å². The Morgan fingerprint density at radius 1 is 0.977 bits per heavy atom.